The highest BCUT2D eigenvalue weighted by atomic mass is 35.5. The number of nitrogens with zero attached hydrogens (tertiary/aromatic N) is 2. The van der Waals surface area contributed by atoms with Crippen LogP contribution in [-0.2, 0) is 9.53 Å². The second-order valence-electron chi connectivity index (χ2n) is 6.06. The number of rotatable bonds is 5. The first-order valence-corrected chi connectivity index (χ1v) is 8.62. The second-order valence-corrected chi connectivity index (χ2v) is 6.50. The lowest BCUT2D eigenvalue weighted by Crippen LogP contribution is -2.42. The van der Waals surface area contributed by atoms with E-state index >= 15 is 0 Å². The number of piperidine rings is 1. The van der Waals surface area contributed by atoms with Crippen LogP contribution >= 0.6 is 11.6 Å². The van der Waals surface area contributed by atoms with Crippen molar-refractivity contribution >= 4 is 34.1 Å². The van der Waals surface area contributed by atoms with Crippen LogP contribution in [0.1, 0.15) is 19.3 Å². The van der Waals surface area contributed by atoms with Crippen molar-refractivity contribution in [2.75, 3.05) is 32.1 Å². The summed E-state index contributed by atoms with van der Waals surface area (Å²) >= 11 is 6.04. The Balaban J connectivity index is 1.61. The van der Waals surface area contributed by atoms with Gasteiger partial charge in [0.2, 0.25) is 5.91 Å². The Morgan fingerprint density at radius 3 is 2.92 bits per heavy atom. The molecule has 1 saturated heterocycles. The van der Waals surface area contributed by atoms with E-state index in [4.69, 9.17) is 16.3 Å². The van der Waals surface area contributed by atoms with Crippen molar-refractivity contribution in [2.24, 2.45) is 0 Å². The number of fused-ring (bicyclic) bond motifs is 1. The standard InChI is InChI=1S/C18H22ClN3O2/c1-24-11-7-18(23)22-9-5-14(6-10-22)21-16-4-8-20-17-12-13(19)2-3-15(16)17/h2-4,8,12,14H,5-7,9-11H2,1H3,(H,20,21). The number of halogens is 1. The molecule has 128 valence electrons. The molecule has 0 bridgehead atoms. The summed E-state index contributed by atoms with van der Waals surface area (Å²) in [4.78, 5) is 18.3. The molecule has 0 spiro atoms. The quantitative estimate of drug-likeness (QED) is 0.901. The number of benzene rings is 1. The Bertz CT molecular complexity index is 714. The maximum absolute atomic E-state index is 12.0. The molecule has 1 aliphatic rings. The minimum atomic E-state index is 0.180. The van der Waals surface area contributed by atoms with E-state index in [9.17, 15) is 4.79 Å². The molecule has 0 aliphatic carbocycles. The molecule has 2 aromatic rings. The highest BCUT2D eigenvalue weighted by Crippen LogP contribution is 2.26. The highest BCUT2D eigenvalue weighted by Gasteiger charge is 2.22. The summed E-state index contributed by atoms with van der Waals surface area (Å²) < 4.78 is 4.98. The Hall–Kier alpha value is -1.85. The number of carbonyl (C=O) groups excluding carboxylic acids is 1. The van der Waals surface area contributed by atoms with E-state index in [0.717, 1.165) is 42.5 Å². The number of aromatic nitrogens is 1. The Kier molecular flexibility index (Phi) is 5.53. The molecule has 0 unspecified atom stereocenters. The summed E-state index contributed by atoms with van der Waals surface area (Å²) in [5.74, 6) is 0.180. The molecular formula is C18H22ClN3O2. The average Bonchev–Trinajstić information content (AvgIpc) is 2.60. The maximum Gasteiger partial charge on any atom is 0.224 e. The zero-order valence-corrected chi connectivity index (χ0v) is 14.6. The molecular weight excluding hydrogens is 326 g/mol. The highest BCUT2D eigenvalue weighted by molar-refractivity contribution is 6.31. The van der Waals surface area contributed by atoms with Crippen molar-refractivity contribution < 1.29 is 9.53 Å². The molecule has 1 aromatic heterocycles. The molecule has 1 aliphatic heterocycles. The number of likely N-dealkylation sites (tertiary alicyclic amines) is 1. The molecule has 0 saturated carbocycles. The summed E-state index contributed by atoms with van der Waals surface area (Å²) in [5.41, 5.74) is 1.96. The van der Waals surface area contributed by atoms with E-state index in [2.05, 4.69) is 10.3 Å². The zero-order chi connectivity index (χ0) is 16.9. The van der Waals surface area contributed by atoms with Gasteiger partial charge >= 0.3 is 0 Å². The maximum atomic E-state index is 12.0. The molecule has 3 rings (SSSR count). The normalized spacial score (nSPS) is 15.7. The molecule has 6 heteroatoms. The van der Waals surface area contributed by atoms with Crippen molar-refractivity contribution in [3.05, 3.63) is 35.5 Å². The van der Waals surface area contributed by atoms with E-state index in [0.29, 0.717) is 24.1 Å². The number of methoxy groups -OCH3 is 1. The first kappa shape index (κ1) is 17.0. The van der Waals surface area contributed by atoms with Gasteiger partial charge < -0.3 is 15.0 Å². The van der Waals surface area contributed by atoms with Crippen molar-refractivity contribution in [1.82, 2.24) is 9.88 Å². The van der Waals surface area contributed by atoms with Crippen molar-refractivity contribution in [2.45, 2.75) is 25.3 Å². The van der Waals surface area contributed by atoms with Crippen LogP contribution in [0.3, 0.4) is 0 Å². The molecule has 1 N–H and O–H groups in total. The number of nitrogens with one attached hydrogen (secondary N) is 1. The summed E-state index contributed by atoms with van der Waals surface area (Å²) in [6.45, 7) is 2.06. The number of carbonyl (C=O) groups is 1. The van der Waals surface area contributed by atoms with Gasteiger partial charge in [-0.1, -0.05) is 11.6 Å². The molecule has 24 heavy (non-hydrogen) atoms. The lowest BCUT2D eigenvalue weighted by Gasteiger charge is -2.33. The first-order chi connectivity index (χ1) is 11.7. The first-order valence-electron chi connectivity index (χ1n) is 8.25. The van der Waals surface area contributed by atoms with Gasteiger partial charge in [0.15, 0.2) is 0 Å². The third-order valence-electron chi connectivity index (χ3n) is 4.43. The van der Waals surface area contributed by atoms with Gasteiger partial charge in [-0.15, -0.1) is 0 Å². The predicted octanol–water partition coefficient (Wildman–Crippen LogP) is 3.33. The van der Waals surface area contributed by atoms with Crippen LogP contribution in [-0.4, -0.2) is 48.6 Å². The van der Waals surface area contributed by atoms with Gasteiger partial charge in [-0.05, 0) is 37.1 Å². The van der Waals surface area contributed by atoms with Crippen molar-refractivity contribution in [3.8, 4) is 0 Å². The van der Waals surface area contributed by atoms with Gasteiger partial charge in [0.25, 0.3) is 0 Å². The number of amides is 1. The van der Waals surface area contributed by atoms with Gasteiger partial charge in [-0.2, -0.15) is 0 Å². The fourth-order valence-electron chi connectivity index (χ4n) is 3.09. The molecule has 0 atom stereocenters. The predicted molar refractivity (Wildman–Crippen MR) is 96.5 cm³/mol. The zero-order valence-electron chi connectivity index (χ0n) is 13.8. The molecule has 1 fully saturated rings. The SMILES string of the molecule is COCCC(=O)N1CCC(Nc2ccnc3cc(Cl)ccc23)CC1. The fourth-order valence-corrected chi connectivity index (χ4v) is 3.25. The summed E-state index contributed by atoms with van der Waals surface area (Å²) in [5, 5.41) is 5.36. The Labute approximate surface area is 146 Å². The number of hydrogen-bond donors (Lipinski definition) is 1. The van der Waals surface area contributed by atoms with E-state index in [-0.39, 0.29) is 5.91 Å². The summed E-state index contributed by atoms with van der Waals surface area (Å²) in [6.07, 6.45) is 4.14. The van der Waals surface area contributed by atoms with Crippen LogP contribution in [0.2, 0.25) is 5.02 Å². The van der Waals surface area contributed by atoms with Crippen LogP contribution in [0.25, 0.3) is 10.9 Å². The number of ether oxygens (including phenoxy) is 1. The van der Waals surface area contributed by atoms with Crippen LogP contribution < -0.4 is 5.32 Å². The lowest BCUT2D eigenvalue weighted by molar-refractivity contribution is -0.133. The van der Waals surface area contributed by atoms with Crippen LogP contribution in [0.15, 0.2) is 30.5 Å². The Morgan fingerprint density at radius 2 is 2.17 bits per heavy atom. The topological polar surface area (TPSA) is 54.5 Å². The van der Waals surface area contributed by atoms with E-state index in [1.807, 2.05) is 29.2 Å². The number of anilines is 1. The fraction of sp³-hybridized carbons (Fsp3) is 0.444. The van der Waals surface area contributed by atoms with Crippen LogP contribution in [0.5, 0.6) is 0 Å². The molecule has 1 amide bonds. The number of hydrogen-bond acceptors (Lipinski definition) is 4. The van der Waals surface area contributed by atoms with E-state index in [1.165, 1.54) is 0 Å². The summed E-state index contributed by atoms with van der Waals surface area (Å²) in [7, 11) is 1.62. The van der Waals surface area contributed by atoms with Gasteiger partial charge in [0.1, 0.15) is 0 Å². The van der Waals surface area contributed by atoms with E-state index in [1.54, 1.807) is 13.3 Å². The molecule has 0 radical (unpaired) electrons. The molecule has 5 nitrogen and oxygen atoms in total. The summed E-state index contributed by atoms with van der Waals surface area (Å²) in [6, 6.07) is 8.10. The minimum absolute atomic E-state index is 0.180. The van der Waals surface area contributed by atoms with Gasteiger partial charge in [0.05, 0.1) is 18.5 Å². The third-order valence-corrected chi connectivity index (χ3v) is 4.67. The van der Waals surface area contributed by atoms with Gasteiger partial charge in [-0.25, -0.2) is 0 Å². The molecule has 2 heterocycles. The average molecular weight is 348 g/mol. The third kappa shape index (κ3) is 3.97. The van der Waals surface area contributed by atoms with Crippen LogP contribution in [0.4, 0.5) is 5.69 Å². The van der Waals surface area contributed by atoms with Gasteiger partial charge in [0, 0.05) is 48.5 Å². The van der Waals surface area contributed by atoms with Crippen molar-refractivity contribution in [1.29, 1.82) is 0 Å². The monoisotopic (exact) mass is 347 g/mol. The second kappa shape index (κ2) is 7.81. The van der Waals surface area contributed by atoms with Crippen LogP contribution in [0, 0.1) is 0 Å². The van der Waals surface area contributed by atoms with Crippen molar-refractivity contribution in [3.63, 3.8) is 0 Å². The molecule has 1 aromatic carbocycles. The lowest BCUT2D eigenvalue weighted by atomic mass is 10.0. The Morgan fingerprint density at radius 1 is 1.38 bits per heavy atom. The van der Waals surface area contributed by atoms with Gasteiger partial charge in [-0.3, -0.25) is 9.78 Å². The largest absolute Gasteiger partial charge is 0.384 e. The minimum Gasteiger partial charge on any atom is -0.384 e. The number of pyridine rings is 1. The van der Waals surface area contributed by atoms with E-state index < -0.39 is 0 Å². The smallest absolute Gasteiger partial charge is 0.224 e.